The Morgan fingerprint density at radius 2 is 1.90 bits per heavy atom. The van der Waals surface area contributed by atoms with E-state index in [0.717, 1.165) is 39.7 Å². The van der Waals surface area contributed by atoms with Crippen molar-refractivity contribution in [2.45, 2.75) is 47.3 Å². The molecule has 0 unspecified atom stereocenters. The summed E-state index contributed by atoms with van der Waals surface area (Å²) >= 11 is 14.2. The molecule has 1 N–H and O–H groups in total. The smallest absolute Gasteiger partial charge is 0.0617 e. The van der Waals surface area contributed by atoms with Gasteiger partial charge in [0, 0.05) is 38.2 Å². The molecule has 1 aliphatic rings. The maximum atomic E-state index is 4.84. The summed E-state index contributed by atoms with van der Waals surface area (Å²) in [5.41, 5.74) is 4.97. The van der Waals surface area contributed by atoms with Crippen LogP contribution in [0.3, 0.4) is 0 Å². The lowest BCUT2D eigenvalue weighted by Gasteiger charge is -2.15. The third kappa shape index (κ3) is 2.42. The highest BCUT2D eigenvalue weighted by atomic mass is 32.1. The molecule has 21 heavy (non-hydrogen) atoms. The first-order chi connectivity index (χ1) is 9.95. The fourth-order valence-electron chi connectivity index (χ4n) is 3.60. The zero-order valence-electron chi connectivity index (χ0n) is 12.7. The number of hydrogen-bond donors (Lipinski definition) is 4. The first kappa shape index (κ1) is 15.7. The maximum Gasteiger partial charge on any atom is 0.0617 e. The summed E-state index contributed by atoms with van der Waals surface area (Å²) < 4.78 is 0. The summed E-state index contributed by atoms with van der Waals surface area (Å²) in [6, 6.07) is 0. The Bertz CT molecular complexity index is 706. The number of aromatic amines is 1. The Kier molecular flexibility index (Phi) is 4.30. The standard InChI is InChI=1S/C16H22N2S3/c1-4-10-14(19)12-11(9-5-6-18(3)7-9)8(2)17-13(12)16(21)15(10)20/h9,17,19-21H,4-7H2,1-3H3/t9-/m0/s1. The molecule has 2 nitrogen and oxygen atoms in total. The molecule has 1 aromatic carbocycles. The van der Waals surface area contributed by atoms with Gasteiger partial charge in [0.25, 0.3) is 0 Å². The number of aromatic nitrogens is 1. The molecule has 0 saturated carbocycles. The van der Waals surface area contributed by atoms with Gasteiger partial charge in [-0.25, -0.2) is 0 Å². The third-order valence-electron chi connectivity index (χ3n) is 4.66. The van der Waals surface area contributed by atoms with Crippen molar-refractivity contribution in [3.8, 4) is 0 Å². The highest BCUT2D eigenvalue weighted by Crippen LogP contribution is 2.43. The number of fused-ring (bicyclic) bond motifs is 1. The second-order valence-corrected chi connectivity index (χ2v) is 7.38. The van der Waals surface area contributed by atoms with Crippen LogP contribution in [0.1, 0.15) is 36.1 Å². The van der Waals surface area contributed by atoms with Crippen LogP contribution in [0, 0.1) is 6.92 Å². The summed E-state index contributed by atoms with van der Waals surface area (Å²) in [6.07, 6.45) is 2.14. The Morgan fingerprint density at radius 1 is 1.19 bits per heavy atom. The molecule has 1 atom stereocenters. The molecule has 2 heterocycles. The Labute approximate surface area is 142 Å². The summed E-state index contributed by atoms with van der Waals surface area (Å²) in [7, 11) is 2.19. The Morgan fingerprint density at radius 3 is 2.48 bits per heavy atom. The number of likely N-dealkylation sites (tertiary alicyclic amines) is 1. The molecular formula is C16H22N2S3. The van der Waals surface area contributed by atoms with Crippen LogP contribution in [0.25, 0.3) is 10.9 Å². The average Bonchev–Trinajstić information content (AvgIpc) is 3.00. The monoisotopic (exact) mass is 338 g/mol. The first-order valence-corrected chi connectivity index (χ1v) is 8.76. The minimum atomic E-state index is 0.581. The van der Waals surface area contributed by atoms with Crippen LogP contribution in [0.5, 0.6) is 0 Å². The molecule has 0 radical (unpaired) electrons. The van der Waals surface area contributed by atoms with E-state index in [1.54, 1.807) is 0 Å². The molecule has 114 valence electrons. The van der Waals surface area contributed by atoms with Crippen molar-refractivity contribution in [2.75, 3.05) is 20.1 Å². The molecular weight excluding hydrogens is 316 g/mol. The van der Waals surface area contributed by atoms with Crippen LogP contribution < -0.4 is 0 Å². The summed E-state index contributed by atoms with van der Waals surface area (Å²) in [4.78, 5) is 8.90. The Hall–Kier alpha value is -0.230. The predicted octanol–water partition coefficient (Wildman–Crippen LogP) is 4.32. The van der Waals surface area contributed by atoms with Gasteiger partial charge >= 0.3 is 0 Å². The number of likely N-dealkylation sites (N-methyl/N-ethyl adjacent to an activating group) is 1. The van der Waals surface area contributed by atoms with Crippen molar-refractivity contribution in [1.29, 1.82) is 0 Å². The number of nitrogens with zero attached hydrogens (tertiary/aromatic N) is 1. The fraction of sp³-hybridized carbons (Fsp3) is 0.500. The van der Waals surface area contributed by atoms with Gasteiger partial charge in [0.05, 0.1) is 5.52 Å². The van der Waals surface area contributed by atoms with E-state index in [-0.39, 0.29) is 0 Å². The normalized spacial score (nSPS) is 19.8. The largest absolute Gasteiger partial charge is 0.357 e. The third-order valence-corrected chi connectivity index (χ3v) is 6.27. The van der Waals surface area contributed by atoms with Crippen LogP contribution in [-0.2, 0) is 6.42 Å². The van der Waals surface area contributed by atoms with Crippen LogP contribution in [0.4, 0.5) is 0 Å². The van der Waals surface area contributed by atoms with E-state index in [0.29, 0.717) is 5.92 Å². The summed E-state index contributed by atoms with van der Waals surface area (Å²) in [6.45, 7) is 6.60. The maximum absolute atomic E-state index is 4.84. The fourth-order valence-corrected chi connectivity index (χ4v) is 4.88. The van der Waals surface area contributed by atoms with Gasteiger partial charge in [-0.15, -0.1) is 37.9 Å². The van der Waals surface area contributed by atoms with E-state index in [9.17, 15) is 0 Å². The zero-order valence-corrected chi connectivity index (χ0v) is 15.4. The SMILES string of the molecule is CCc1c(S)c(S)c2[nH]c(C)c([C@H]3CCN(C)C3)c2c1S. The van der Waals surface area contributed by atoms with Gasteiger partial charge in [-0.1, -0.05) is 6.92 Å². The number of nitrogens with one attached hydrogen (secondary N) is 1. The van der Waals surface area contributed by atoms with E-state index in [1.165, 1.54) is 28.6 Å². The van der Waals surface area contributed by atoms with Crippen molar-refractivity contribution in [1.82, 2.24) is 9.88 Å². The quantitative estimate of drug-likeness (QED) is 0.601. The number of H-pyrrole nitrogens is 1. The molecule has 0 amide bonds. The zero-order chi connectivity index (χ0) is 15.3. The second kappa shape index (κ2) is 5.76. The van der Waals surface area contributed by atoms with Gasteiger partial charge in [-0.2, -0.15) is 0 Å². The van der Waals surface area contributed by atoms with E-state index < -0.39 is 0 Å². The van der Waals surface area contributed by atoms with Crippen molar-refractivity contribution in [3.63, 3.8) is 0 Å². The molecule has 0 bridgehead atoms. The molecule has 0 aliphatic carbocycles. The lowest BCUT2D eigenvalue weighted by Crippen LogP contribution is -2.13. The van der Waals surface area contributed by atoms with Gasteiger partial charge in [0.15, 0.2) is 0 Å². The van der Waals surface area contributed by atoms with E-state index >= 15 is 0 Å². The number of rotatable bonds is 2. The van der Waals surface area contributed by atoms with Crippen LogP contribution >= 0.6 is 37.9 Å². The summed E-state index contributed by atoms with van der Waals surface area (Å²) in [5.74, 6) is 0.581. The van der Waals surface area contributed by atoms with Gasteiger partial charge < -0.3 is 9.88 Å². The molecule has 1 aromatic heterocycles. The summed E-state index contributed by atoms with van der Waals surface area (Å²) in [5, 5.41) is 1.26. The highest BCUT2D eigenvalue weighted by molar-refractivity contribution is 7.84. The minimum Gasteiger partial charge on any atom is -0.357 e. The van der Waals surface area contributed by atoms with E-state index in [2.05, 4.69) is 43.4 Å². The number of hydrogen-bond acceptors (Lipinski definition) is 4. The Balaban J connectivity index is 2.30. The van der Waals surface area contributed by atoms with Gasteiger partial charge in [-0.05, 0) is 44.5 Å². The molecule has 1 saturated heterocycles. The van der Waals surface area contributed by atoms with Gasteiger partial charge in [0.2, 0.25) is 0 Å². The molecule has 0 spiro atoms. The molecule has 2 aromatic rings. The number of aryl methyl sites for hydroxylation is 1. The van der Waals surface area contributed by atoms with Gasteiger partial charge in [0.1, 0.15) is 0 Å². The molecule has 3 rings (SSSR count). The van der Waals surface area contributed by atoms with Crippen molar-refractivity contribution >= 4 is 48.8 Å². The van der Waals surface area contributed by atoms with Crippen LogP contribution in [-0.4, -0.2) is 30.0 Å². The van der Waals surface area contributed by atoms with Gasteiger partial charge in [-0.3, -0.25) is 0 Å². The second-order valence-electron chi connectivity index (χ2n) is 6.04. The average molecular weight is 339 g/mol. The lowest BCUT2D eigenvalue weighted by molar-refractivity contribution is 0.411. The van der Waals surface area contributed by atoms with Crippen molar-refractivity contribution in [2.24, 2.45) is 0 Å². The molecule has 5 heteroatoms. The topological polar surface area (TPSA) is 19.0 Å². The van der Waals surface area contributed by atoms with Crippen molar-refractivity contribution < 1.29 is 0 Å². The van der Waals surface area contributed by atoms with Crippen molar-refractivity contribution in [3.05, 3.63) is 16.8 Å². The highest BCUT2D eigenvalue weighted by Gasteiger charge is 2.28. The van der Waals surface area contributed by atoms with E-state index in [4.69, 9.17) is 25.3 Å². The number of benzene rings is 1. The predicted molar refractivity (Wildman–Crippen MR) is 99.0 cm³/mol. The molecule has 1 fully saturated rings. The minimum absolute atomic E-state index is 0.581. The van der Waals surface area contributed by atoms with Crippen LogP contribution in [0.2, 0.25) is 0 Å². The number of thiol groups is 3. The molecule has 1 aliphatic heterocycles. The van der Waals surface area contributed by atoms with E-state index in [1.807, 2.05) is 0 Å². The first-order valence-electron chi connectivity index (χ1n) is 7.42. The lowest BCUT2D eigenvalue weighted by atomic mass is 9.94. The van der Waals surface area contributed by atoms with Crippen LogP contribution in [0.15, 0.2) is 14.7 Å².